The van der Waals surface area contributed by atoms with E-state index in [0.717, 1.165) is 0 Å². The molecule has 0 aromatic rings. The van der Waals surface area contributed by atoms with Gasteiger partial charge in [0.05, 0.1) is 0 Å². The third kappa shape index (κ3) is 2.48. The number of urea groups is 1. The van der Waals surface area contributed by atoms with Crippen LogP contribution in [0, 0.1) is 0 Å². The van der Waals surface area contributed by atoms with Gasteiger partial charge in [-0.05, 0) is 0 Å². The number of carbonyl (C=O) groups is 1. The van der Waals surface area contributed by atoms with Crippen molar-refractivity contribution in [3.8, 4) is 0 Å². The summed E-state index contributed by atoms with van der Waals surface area (Å²) < 4.78 is 1.41. The Morgan fingerprint density at radius 1 is 1.86 bits per heavy atom. The molecule has 0 radical (unpaired) electrons. The summed E-state index contributed by atoms with van der Waals surface area (Å²) >= 11 is 2.10. The van der Waals surface area contributed by atoms with Crippen LogP contribution in [-0.4, -0.2) is 40.3 Å². The van der Waals surface area contributed by atoms with Crippen molar-refractivity contribution in [2.45, 2.75) is 0 Å². The summed E-state index contributed by atoms with van der Waals surface area (Å²) in [4.78, 5) is 10.3. The van der Waals surface area contributed by atoms with Crippen molar-refractivity contribution in [3.63, 3.8) is 0 Å². The summed E-state index contributed by atoms with van der Waals surface area (Å²) in [6.07, 6.45) is 0. The zero-order valence-corrected chi connectivity index (χ0v) is 6.18. The normalized spacial score (nSPS) is 7.86. The molecule has 0 aliphatic heterocycles. The average Bonchev–Trinajstić information content (AvgIpc) is 1.65. The Balaban J connectivity index is 3.35. The van der Waals surface area contributed by atoms with Gasteiger partial charge in [0.1, 0.15) is 0 Å². The molecule has 0 atom stereocenters. The Hall–Kier alpha value is -0.211. The van der Waals surface area contributed by atoms with Gasteiger partial charge < -0.3 is 0 Å². The maximum absolute atomic E-state index is 10.3. The summed E-state index contributed by atoms with van der Waals surface area (Å²) in [5.41, 5.74) is 0. The van der Waals surface area contributed by atoms with Crippen molar-refractivity contribution in [1.29, 1.82) is 0 Å². The summed E-state index contributed by atoms with van der Waals surface area (Å²) in [6, 6.07) is -0.0972. The third-order valence-electron chi connectivity index (χ3n) is 0.508. The molecule has 2 amide bonds. The van der Waals surface area contributed by atoms with Crippen LogP contribution in [0.3, 0.4) is 0 Å². The van der Waals surface area contributed by atoms with Crippen molar-refractivity contribution < 1.29 is 4.79 Å². The van der Waals surface area contributed by atoms with E-state index < -0.39 is 0 Å². The van der Waals surface area contributed by atoms with Crippen LogP contribution in [0.4, 0.5) is 4.79 Å². The Kier molecular flexibility index (Phi) is 2.79. The standard InChI is InChI=1S/C3H8N2OSe/c1-4-3(6)5(2)7/h7H,1-2H3,(H,4,6). The van der Waals surface area contributed by atoms with Gasteiger partial charge in [0.15, 0.2) is 0 Å². The summed E-state index contributed by atoms with van der Waals surface area (Å²) in [5.74, 6) is 0. The van der Waals surface area contributed by atoms with Crippen molar-refractivity contribution >= 4 is 22.3 Å². The number of hydrogen-bond acceptors (Lipinski definition) is 1. The number of nitrogens with one attached hydrogen (secondary N) is 1. The van der Waals surface area contributed by atoms with E-state index in [9.17, 15) is 4.79 Å². The monoisotopic (exact) mass is 168 g/mol. The van der Waals surface area contributed by atoms with Crippen LogP contribution in [0.15, 0.2) is 0 Å². The Labute approximate surface area is 51.1 Å². The zero-order valence-electron chi connectivity index (χ0n) is 4.30. The molecule has 0 aliphatic rings. The molecule has 42 valence electrons. The molecule has 7 heavy (non-hydrogen) atoms. The van der Waals surface area contributed by atoms with Crippen LogP contribution in [0.1, 0.15) is 0 Å². The molecule has 0 aromatic heterocycles. The topological polar surface area (TPSA) is 32.3 Å². The van der Waals surface area contributed by atoms with Crippen LogP contribution in [0.5, 0.6) is 0 Å². The van der Waals surface area contributed by atoms with Gasteiger partial charge in [-0.1, -0.05) is 0 Å². The second-order valence-corrected chi connectivity index (χ2v) is 2.34. The molecule has 4 heteroatoms. The van der Waals surface area contributed by atoms with Gasteiger partial charge in [-0.3, -0.25) is 0 Å². The van der Waals surface area contributed by atoms with E-state index in [-0.39, 0.29) is 6.03 Å². The molecular formula is C3H8N2OSe. The van der Waals surface area contributed by atoms with Gasteiger partial charge in [-0.15, -0.1) is 0 Å². The first-order chi connectivity index (χ1) is 3.18. The van der Waals surface area contributed by atoms with Crippen LogP contribution >= 0.6 is 0 Å². The molecule has 0 spiro atoms. The number of hydrogen-bond donors (Lipinski definition) is 1. The van der Waals surface area contributed by atoms with Crippen molar-refractivity contribution in [1.82, 2.24) is 9.23 Å². The molecule has 0 unspecified atom stereocenters. The molecule has 1 N–H and O–H groups in total. The molecule has 0 saturated heterocycles. The van der Waals surface area contributed by atoms with E-state index >= 15 is 0 Å². The van der Waals surface area contributed by atoms with Crippen LogP contribution < -0.4 is 5.32 Å². The fraction of sp³-hybridized carbons (Fsp3) is 0.667. The van der Waals surface area contributed by atoms with Crippen molar-refractivity contribution in [2.24, 2.45) is 0 Å². The van der Waals surface area contributed by atoms with Gasteiger partial charge >= 0.3 is 50.4 Å². The Morgan fingerprint density at radius 3 is 2.29 bits per heavy atom. The van der Waals surface area contributed by atoms with Gasteiger partial charge in [0.25, 0.3) is 0 Å². The molecule has 0 aromatic carbocycles. The number of rotatable bonds is 0. The van der Waals surface area contributed by atoms with E-state index in [4.69, 9.17) is 0 Å². The fourth-order valence-corrected chi connectivity index (χ4v) is 0.372. The van der Waals surface area contributed by atoms with Crippen molar-refractivity contribution in [3.05, 3.63) is 0 Å². The molecule has 0 rings (SSSR count). The maximum atomic E-state index is 10.3. The van der Waals surface area contributed by atoms with E-state index in [1.54, 1.807) is 14.1 Å². The second kappa shape index (κ2) is 2.88. The minimum absolute atomic E-state index is 0.0972. The number of nitrogens with zero attached hydrogens (tertiary/aromatic N) is 1. The van der Waals surface area contributed by atoms with Gasteiger partial charge in [0.2, 0.25) is 0 Å². The van der Waals surface area contributed by atoms with Gasteiger partial charge in [-0.25, -0.2) is 0 Å². The van der Waals surface area contributed by atoms with E-state index in [0.29, 0.717) is 0 Å². The molecule has 0 bridgehead atoms. The first-order valence-electron chi connectivity index (χ1n) is 1.82. The number of carbonyl (C=O) groups excluding carboxylic acids is 1. The fourth-order valence-electron chi connectivity index (χ4n) is 0.162. The first kappa shape index (κ1) is 6.79. The summed E-state index contributed by atoms with van der Waals surface area (Å²) in [7, 11) is 3.26. The first-order valence-corrected chi connectivity index (χ1v) is 2.66. The quantitative estimate of drug-likeness (QED) is 0.464. The molecule has 0 heterocycles. The predicted octanol–water partition coefficient (Wildman–Crippen LogP) is -0.927. The molecule has 3 nitrogen and oxygen atoms in total. The van der Waals surface area contributed by atoms with E-state index in [2.05, 4.69) is 21.5 Å². The van der Waals surface area contributed by atoms with Crippen molar-refractivity contribution in [2.75, 3.05) is 14.1 Å². The molecular weight excluding hydrogens is 159 g/mol. The SMILES string of the molecule is CNC(=O)N(C)[SeH]. The summed E-state index contributed by atoms with van der Waals surface area (Å²) in [5, 5.41) is 2.44. The van der Waals surface area contributed by atoms with E-state index in [1.807, 2.05) is 0 Å². The van der Waals surface area contributed by atoms with E-state index in [1.165, 1.54) is 3.92 Å². The second-order valence-electron chi connectivity index (χ2n) is 1.08. The predicted molar refractivity (Wildman–Crippen MR) is 29.4 cm³/mol. The molecule has 0 fully saturated rings. The van der Waals surface area contributed by atoms with Crippen LogP contribution in [0.2, 0.25) is 0 Å². The zero-order chi connectivity index (χ0) is 5.86. The number of amides is 2. The third-order valence-corrected chi connectivity index (χ3v) is 0.889. The Bertz CT molecular complexity index is 73.3. The Morgan fingerprint density at radius 2 is 2.29 bits per heavy atom. The molecule has 0 aliphatic carbocycles. The van der Waals surface area contributed by atoms with Gasteiger partial charge in [0, 0.05) is 0 Å². The van der Waals surface area contributed by atoms with Gasteiger partial charge in [-0.2, -0.15) is 0 Å². The summed E-state index contributed by atoms with van der Waals surface area (Å²) in [6.45, 7) is 0. The molecule has 0 saturated carbocycles. The van der Waals surface area contributed by atoms with Crippen LogP contribution in [-0.2, 0) is 0 Å². The minimum atomic E-state index is -0.0972. The van der Waals surface area contributed by atoms with Crippen LogP contribution in [0.25, 0.3) is 0 Å². The average molecular weight is 167 g/mol.